The van der Waals surface area contributed by atoms with Crippen molar-refractivity contribution in [3.8, 4) is 0 Å². The molecule has 1 aliphatic rings. The van der Waals surface area contributed by atoms with Crippen LogP contribution in [0.25, 0.3) is 0 Å². The molecule has 3 rings (SSSR count). The predicted molar refractivity (Wildman–Crippen MR) is 78.4 cm³/mol. The second-order valence-corrected chi connectivity index (χ2v) is 5.77. The first-order valence-corrected chi connectivity index (χ1v) is 7.14. The minimum absolute atomic E-state index is 1.05. The van der Waals surface area contributed by atoms with Gasteiger partial charge in [0.2, 0.25) is 0 Å². The lowest BCUT2D eigenvalue weighted by Gasteiger charge is -2.28. The SMILES string of the molecule is Brc1ccc2c(c1)CCN(Cc1ccccc1)C2. The van der Waals surface area contributed by atoms with Crippen molar-refractivity contribution in [2.45, 2.75) is 19.5 Å². The molecule has 1 nitrogen and oxygen atoms in total. The minimum atomic E-state index is 1.05. The molecule has 0 unspecified atom stereocenters. The van der Waals surface area contributed by atoms with Crippen molar-refractivity contribution in [3.05, 3.63) is 69.7 Å². The summed E-state index contributed by atoms with van der Waals surface area (Å²) in [6.45, 7) is 3.27. The maximum absolute atomic E-state index is 3.55. The van der Waals surface area contributed by atoms with Gasteiger partial charge < -0.3 is 0 Å². The van der Waals surface area contributed by atoms with E-state index in [0.29, 0.717) is 0 Å². The van der Waals surface area contributed by atoms with Crippen molar-refractivity contribution in [1.29, 1.82) is 0 Å². The van der Waals surface area contributed by atoms with Gasteiger partial charge in [0.15, 0.2) is 0 Å². The van der Waals surface area contributed by atoms with Gasteiger partial charge in [-0.25, -0.2) is 0 Å². The van der Waals surface area contributed by atoms with Crippen molar-refractivity contribution in [2.24, 2.45) is 0 Å². The van der Waals surface area contributed by atoms with Crippen LogP contribution in [0.5, 0.6) is 0 Å². The number of nitrogens with zero attached hydrogens (tertiary/aromatic N) is 1. The topological polar surface area (TPSA) is 3.24 Å². The van der Waals surface area contributed by atoms with Gasteiger partial charge in [-0.1, -0.05) is 52.3 Å². The van der Waals surface area contributed by atoms with Crippen LogP contribution in [-0.2, 0) is 19.5 Å². The molecule has 0 amide bonds. The Hall–Kier alpha value is -1.12. The van der Waals surface area contributed by atoms with E-state index < -0.39 is 0 Å². The molecule has 0 atom stereocenters. The molecular weight excluding hydrogens is 286 g/mol. The van der Waals surface area contributed by atoms with Gasteiger partial charge in [-0.05, 0) is 35.2 Å². The Kier molecular flexibility index (Phi) is 3.48. The highest BCUT2D eigenvalue weighted by atomic mass is 79.9. The van der Waals surface area contributed by atoms with Crippen LogP contribution in [0.2, 0.25) is 0 Å². The van der Waals surface area contributed by atoms with Gasteiger partial charge in [-0.15, -0.1) is 0 Å². The van der Waals surface area contributed by atoms with Gasteiger partial charge in [0.1, 0.15) is 0 Å². The zero-order chi connectivity index (χ0) is 12.4. The number of rotatable bonds is 2. The third-order valence-electron chi connectivity index (χ3n) is 3.51. The van der Waals surface area contributed by atoms with E-state index in [1.165, 1.54) is 21.2 Å². The van der Waals surface area contributed by atoms with Crippen molar-refractivity contribution >= 4 is 15.9 Å². The molecule has 0 fully saturated rings. The number of fused-ring (bicyclic) bond motifs is 1. The highest BCUT2D eigenvalue weighted by Gasteiger charge is 2.16. The standard InChI is InChI=1S/C16H16BrN/c17-16-7-6-15-12-18(9-8-14(15)10-16)11-13-4-2-1-3-5-13/h1-7,10H,8-9,11-12H2. The summed E-state index contributed by atoms with van der Waals surface area (Å²) in [6.07, 6.45) is 1.15. The van der Waals surface area contributed by atoms with Gasteiger partial charge in [-0.2, -0.15) is 0 Å². The summed E-state index contributed by atoms with van der Waals surface area (Å²) < 4.78 is 1.19. The van der Waals surface area contributed by atoms with E-state index in [1.54, 1.807) is 0 Å². The molecule has 0 saturated heterocycles. The molecule has 0 bridgehead atoms. The summed E-state index contributed by atoms with van der Waals surface area (Å²) in [5.41, 5.74) is 4.37. The Bertz CT molecular complexity index is 536. The van der Waals surface area contributed by atoms with Gasteiger partial charge in [-0.3, -0.25) is 4.90 Å². The maximum Gasteiger partial charge on any atom is 0.0240 e. The quantitative estimate of drug-likeness (QED) is 0.810. The van der Waals surface area contributed by atoms with E-state index in [2.05, 4.69) is 69.4 Å². The molecule has 92 valence electrons. The molecule has 0 spiro atoms. The Labute approximate surface area is 117 Å². The van der Waals surface area contributed by atoms with Crippen molar-refractivity contribution in [2.75, 3.05) is 6.54 Å². The number of benzene rings is 2. The second-order valence-electron chi connectivity index (χ2n) is 4.86. The molecule has 0 aliphatic carbocycles. The highest BCUT2D eigenvalue weighted by molar-refractivity contribution is 9.10. The number of hydrogen-bond acceptors (Lipinski definition) is 1. The summed E-state index contributed by atoms with van der Waals surface area (Å²) in [7, 11) is 0. The monoisotopic (exact) mass is 301 g/mol. The normalized spacial score (nSPS) is 15.4. The van der Waals surface area contributed by atoms with E-state index in [-0.39, 0.29) is 0 Å². The molecule has 0 N–H and O–H groups in total. The first-order valence-electron chi connectivity index (χ1n) is 6.35. The molecule has 2 heteroatoms. The largest absolute Gasteiger partial charge is 0.294 e. The Balaban J connectivity index is 1.73. The van der Waals surface area contributed by atoms with Gasteiger partial charge in [0, 0.05) is 24.1 Å². The zero-order valence-electron chi connectivity index (χ0n) is 10.3. The minimum Gasteiger partial charge on any atom is -0.294 e. The van der Waals surface area contributed by atoms with E-state index in [4.69, 9.17) is 0 Å². The van der Waals surface area contributed by atoms with Crippen LogP contribution in [0.4, 0.5) is 0 Å². The highest BCUT2D eigenvalue weighted by Crippen LogP contribution is 2.23. The van der Waals surface area contributed by atoms with Crippen LogP contribution in [0.15, 0.2) is 53.0 Å². The molecule has 18 heavy (non-hydrogen) atoms. The molecule has 1 heterocycles. The molecule has 0 radical (unpaired) electrons. The lowest BCUT2D eigenvalue weighted by molar-refractivity contribution is 0.245. The molecule has 2 aromatic carbocycles. The zero-order valence-corrected chi connectivity index (χ0v) is 11.9. The average Bonchev–Trinajstić information content (AvgIpc) is 2.40. The summed E-state index contributed by atoms with van der Waals surface area (Å²) in [5.74, 6) is 0. The van der Waals surface area contributed by atoms with E-state index in [1.807, 2.05) is 0 Å². The van der Waals surface area contributed by atoms with Gasteiger partial charge in [0.25, 0.3) is 0 Å². The van der Waals surface area contributed by atoms with Gasteiger partial charge >= 0.3 is 0 Å². The fourth-order valence-corrected chi connectivity index (χ4v) is 2.97. The molecular formula is C16H16BrN. The molecule has 1 aliphatic heterocycles. The van der Waals surface area contributed by atoms with Crippen LogP contribution in [-0.4, -0.2) is 11.4 Å². The smallest absolute Gasteiger partial charge is 0.0240 e. The van der Waals surface area contributed by atoms with E-state index >= 15 is 0 Å². The molecule has 2 aromatic rings. The summed E-state index contributed by atoms with van der Waals surface area (Å²) in [6, 6.07) is 17.4. The van der Waals surface area contributed by atoms with E-state index in [9.17, 15) is 0 Å². The van der Waals surface area contributed by atoms with E-state index in [0.717, 1.165) is 26.1 Å². The Morgan fingerprint density at radius 2 is 1.83 bits per heavy atom. The average molecular weight is 302 g/mol. The predicted octanol–water partition coefficient (Wildman–Crippen LogP) is 4.01. The van der Waals surface area contributed by atoms with Crippen LogP contribution < -0.4 is 0 Å². The first kappa shape index (κ1) is 11.9. The van der Waals surface area contributed by atoms with Crippen molar-refractivity contribution in [3.63, 3.8) is 0 Å². The summed E-state index contributed by atoms with van der Waals surface area (Å²) in [4.78, 5) is 2.52. The Morgan fingerprint density at radius 3 is 2.67 bits per heavy atom. The van der Waals surface area contributed by atoms with Crippen LogP contribution in [0.3, 0.4) is 0 Å². The number of hydrogen-bond donors (Lipinski definition) is 0. The van der Waals surface area contributed by atoms with Crippen molar-refractivity contribution in [1.82, 2.24) is 4.90 Å². The summed E-state index contributed by atoms with van der Waals surface area (Å²) in [5, 5.41) is 0. The third-order valence-corrected chi connectivity index (χ3v) is 4.00. The van der Waals surface area contributed by atoms with Crippen LogP contribution in [0.1, 0.15) is 16.7 Å². The summed E-state index contributed by atoms with van der Waals surface area (Å²) >= 11 is 3.55. The van der Waals surface area contributed by atoms with Crippen LogP contribution >= 0.6 is 15.9 Å². The van der Waals surface area contributed by atoms with Crippen molar-refractivity contribution < 1.29 is 0 Å². The molecule has 0 saturated carbocycles. The lowest BCUT2D eigenvalue weighted by atomic mass is 9.99. The first-order chi connectivity index (χ1) is 8.81. The third kappa shape index (κ3) is 2.65. The fraction of sp³-hybridized carbons (Fsp3) is 0.250. The lowest BCUT2D eigenvalue weighted by Crippen LogP contribution is -2.29. The second kappa shape index (κ2) is 5.25. The van der Waals surface area contributed by atoms with Crippen LogP contribution in [0, 0.1) is 0 Å². The number of halogens is 1. The molecule has 0 aromatic heterocycles. The fourth-order valence-electron chi connectivity index (χ4n) is 2.56. The Morgan fingerprint density at radius 1 is 1.00 bits per heavy atom. The maximum atomic E-state index is 3.55. The van der Waals surface area contributed by atoms with Gasteiger partial charge in [0.05, 0.1) is 0 Å².